The van der Waals surface area contributed by atoms with Gasteiger partial charge in [-0.05, 0) is 13.8 Å². The summed E-state index contributed by atoms with van der Waals surface area (Å²) in [6.45, 7) is 3.31. The van der Waals surface area contributed by atoms with Gasteiger partial charge in [-0.3, -0.25) is 0 Å². The molecule has 0 rings (SSSR count). The quantitative estimate of drug-likeness (QED) is 0.563. The first-order valence-corrected chi connectivity index (χ1v) is 2.71. The minimum atomic E-state index is -1.08. The first kappa shape index (κ1) is 8.43. The fourth-order valence-electron chi connectivity index (χ4n) is 0.420. The summed E-state index contributed by atoms with van der Waals surface area (Å²) in [5, 5.41) is 10.2. The maximum Gasteiger partial charge on any atom is 0.363 e. The average molecular weight is 131 g/mol. The number of methoxy groups -OCH3 is 1. The average Bonchev–Trinajstić information content (AvgIpc) is 1.65. The van der Waals surface area contributed by atoms with E-state index in [0.717, 1.165) is 0 Å². The van der Waals surface area contributed by atoms with Gasteiger partial charge in [-0.25, -0.2) is 9.90 Å². The summed E-state index contributed by atoms with van der Waals surface area (Å²) in [4.78, 5) is 10.2. The van der Waals surface area contributed by atoms with Crippen LogP contribution >= 0.6 is 0 Å². The standard InChI is InChI=1S/C6H11O3/c1-6(2,4-9-3)5(7)8/h4H2,1-3H3. The van der Waals surface area contributed by atoms with Gasteiger partial charge in [-0.2, -0.15) is 0 Å². The van der Waals surface area contributed by atoms with Crippen LogP contribution in [0.3, 0.4) is 0 Å². The summed E-state index contributed by atoms with van der Waals surface area (Å²) in [5.41, 5.74) is -0.866. The maximum absolute atomic E-state index is 10.2. The predicted octanol–water partition coefficient (Wildman–Crippen LogP) is 0.616. The van der Waals surface area contributed by atoms with Gasteiger partial charge in [0, 0.05) is 7.11 Å². The Labute approximate surface area is 54.6 Å². The van der Waals surface area contributed by atoms with Crippen LogP contribution in [0.1, 0.15) is 13.8 Å². The van der Waals surface area contributed by atoms with Crippen LogP contribution in [0.25, 0.3) is 0 Å². The van der Waals surface area contributed by atoms with Gasteiger partial charge in [0.1, 0.15) is 0 Å². The highest BCUT2D eigenvalue weighted by Crippen LogP contribution is 2.14. The second-order valence-corrected chi connectivity index (χ2v) is 2.60. The van der Waals surface area contributed by atoms with E-state index in [0.29, 0.717) is 0 Å². The Morgan fingerprint density at radius 3 is 2.11 bits per heavy atom. The lowest BCUT2D eigenvalue weighted by atomic mass is 9.96. The number of carbonyl (C=O) groups is 1. The van der Waals surface area contributed by atoms with E-state index >= 15 is 0 Å². The summed E-state index contributed by atoms with van der Waals surface area (Å²) in [6, 6.07) is 0. The minimum absolute atomic E-state index is 0.190. The van der Waals surface area contributed by atoms with Crippen LogP contribution in [0.15, 0.2) is 0 Å². The molecule has 0 fully saturated rings. The van der Waals surface area contributed by atoms with E-state index in [-0.39, 0.29) is 6.61 Å². The summed E-state index contributed by atoms with van der Waals surface area (Å²) in [7, 11) is 1.46. The van der Waals surface area contributed by atoms with Crippen molar-refractivity contribution in [2.24, 2.45) is 5.41 Å². The molecule has 0 bridgehead atoms. The Balaban J connectivity index is 3.85. The zero-order valence-corrected chi connectivity index (χ0v) is 5.93. The molecular formula is C6H11O3. The van der Waals surface area contributed by atoms with Gasteiger partial charge in [-0.1, -0.05) is 0 Å². The van der Waals surface area contributed by atoms with Crippen LogP contribution in [-0.4, -0.2) is 19.7 Å². The van der Waals surface area contributed by atoms with E-state index < -0.39 is 11.4 Å². The molecule has 0 atom stereocenters. The lowest BCUT2D eigenvalue weighted by Crippen LogP contribution is -2.27. The fourth-order valence-corrected chi connectivity index (χ4v) is 0.420. The molecule has 0 saturated heterocycles. The van der Waals surface area contributed by atoms with E-state index in [9.17, 15) is 9.90 Å². The SMILES string of the molecule is COCC(C)(C)C([O])=O. The largest absolute Gasteiger partial charge is 0.384 e. The number of hydrogen-bond acceptors (Lipinski definition) is 2. The zero-order valence-electron chi connectivity index (χ0n) is 5.93. The molecule has 0 aromatic rings. The second kappa shape index (κ2) is 2.82. The molecule has 0 aromatic heterocycles. The highest BCUT2D eigenvalue weighted by Gasteiger charge is 2.28. The van der Waals surface area contributed by atoms with Gasteiger partial charge in [0.2, 0.25) is 0 Å². The third-order valence-electron chi connectivity index (χ3n) is 1.06. The monoisotopic (exact) mass is 131 g/mol. The predicted molar refractivity (Wildman–Crippen MR) is 31.4 cm³/mol. The van der Waals surface area contributed by atoms with Crippen molar-refractivity contribution >= 4 is 5.97 Å². The van der Waals surface area contributed by atoms with E-state index in [1.54, 1.807) is 13.8 Å². The number of carbonyl (C=O) groups excluding carboxylic acids is 1. The molecule has 0 unspecified atom stereocenters. The molecule has 0 amide bonds. The van der Waals surface area contributed by atoms with Gasteiger partial charge in [-0.15, -0.1) is 0 Å². The summed E-state index contributed by atoms with van der Waals surface area (Å²) in [5.74, 6) is -1.08. The third-order valence-corrected chi connectivity index (χ3v) is 1.06. The van der Waals surface area contributed by atoms with Crippen LogP contribution in [0, 0.1) is 5.41 Å². The summed E-state index contributed by atoms with van der Waals surface area (Å²) >= 11 is 0. The molecule has 0 N–H and O–H groups in total. The molecular weight excluding hydrogens is 120 g/mol. The number of hydrogen-bond donors (Lipinski definition) is 0. The molecule has 0 aromatic carbocycles. The van der Waals surface area contributed by atoms with Crippen molar-refractivity contribution in [1.29, 1.82) is 0 Å². The minimum Gasteiger partial charge on any atom is -0.384 e. The van der Waals surface area contributed by atoms with Gasteiger partial charge >= 0.3 is 5.97 Å². The Morgan fingerprint density at radius 2 is 2.00 bits per heavy atom. The molecule has 0 aliphatic rings. The van der Waals surface area contributed by atoms with E-state index in [2.05, 4.69) is 4.74 Å². The third kappa shape index (κ3) is 2.46. The Kier molecular flexibility index (Phi) is 2.65. The molecule has 0 aliphatic carbocycles. The van der Waals surface area contributed by atoms with Gasteiger partial charge in [0.15, 0.2) is 0 Å². The highest BCUT2D eigenvalue weighted by molar-refractivity contribution is 5.73. The van der Waals surface area contributed by atoms with Crippen LogP contribution in [0.4, 0.5) is 0 Å². The Morgan fingerprint density at radius 1 is 1.56 bits per heavy atom. The summed E-state index contributed by atoms with van der Waals surface area (Å²) in [6.07, 6.45) is 0. The summed E-state index contributed by atoms with van der Waals surface area (Å²) < 4.78 is 4.65. The first-order chi connectivity index (χ1) is 4.00. The lowest BCUT2D eigenvalue weighted by molar-refractivity contribution is -0.156. The molecule has 53 valence electrons. The van der Waals surface area contributed by atoms with E-state index in [1.807, 2.05) is 0 Å². The molecule has 0 spiro atoms. The Hall–Kier alpha value is -0.570. The number of ether oxygens (including phenoxy) is 1. The topological polar surface area (TPSA) is 46.2 Å². The molecule has 0 aliphatic heterocycles. The second-order valence-electron chi connectivity index (χ2n) is 2.60. The van der Waals surface area contributed by atoms with Gasteiger partial charge in [0.05, 0.1) is 12.0 Å². The normalized spacial score (nSPS) is 11.4. The molecule has 0 saturated carbocycles. The molecule has 0 heterocycles. The maximum atomic E-state index is 10.2. The fraction of sp³-hybridized carbons (Fsp3) is 0.833. The van der Waals surface area contributed by atoms with Crippen LogP contribution in [-0.2, 0) is 14.6 Å². The van der Waals surface area contributed by atoms with Gasteiger partial charge < -0.3 is 4.74 Å². The van der Waals surface area contributed by atoms with Crippen molar-refractivity contribution in [3.8, 4) is 0 Å². The smallest absolute Gasteiger partial charge is 0.363 e. The molecule has 3 heteroatoms. The van der Waals surface area contributed by atoms with Crippen molar-refractivity contribution in [3.63, 3.8) is 0 Å². The van der Waals surface area contributed by atoms with Crippen molar-refractivity contribution in [2.75, 3.05) is 13.7 Å². The lowest BCUT2D eigenvalue weighted by Gasteiger charge is -2.14. The molecule has 3 nitrogen and oxygen atoms in total. The van der Waals surface area contributed by atoms with Crippen LogP contribution in [0.2, 0.25) is 0 Å². The van der Waals surface area contributed by atoms with E-state index in [1.165, 1.54) is 7.11 Å². The highest BCUT2D eigenvalue weighted by atomic mass is 16.5. The van der Waals surface area contributed by atoms with Crippen molar-refractivity contribution in [3.05, 3.63) is 0 Å². The van der Waals surface area contributed by atoms with Gasteiger partial charge in [0.25, 0.3) is 0 Å². The van der Waals surface area contributed by atoms with Crippen LogP contribution in [0.5, 0.6) is 0 Å². The first-order valence-electron chi connectivity index (χ1n) is 2.71. The Bertz CT molecular complexity index is 107. The zero-order chi connectivity index (χ0) is 7.49. The molecule has 1 radical (unpaired) electrons. The molecule has 9 heavy (non-hydrogen) atoms. The van der Waals surface area contributed by atoms with Crippen LogP contribution < -0.4 is 0 Å². The van der Waals surface area contributed by atoms with Crippen molar-refractivity contribution in [2.45, 2.75) is 13.8 Å². The number of rotatable bonds is 3. The van der Waals surface area contributed by atoms with E-state index in [4.69, 9.17) is 0 Å². The van der Waals surface area contributed by atoms with Crippen molar-refractivity contribution in [1.82, 2.24) is 0 Å². The van der Waals surface area contributed by atoms with Crippen molar-refractivity contribution < 1.29 is 14.6 Å².